The van der Waals surface area contributed by atoms with Crippen LogP contribution < -0.4 is 5.32 Å². The lowest BCUT2D eigenvalue weighted by molar-refractivity contribution is 0.123. The van der Waals surface area contributed by atoms with Crippen molar-refractivity contribution in [3.05, 3.63) is 65.2 Å². The average molecular weight is 477 g/mol. The second-order valence-corrected chi connectivity index (χ2v) is 10.7. The molecule has 5 rings (SSSR count). The summed E-state index contributed by atoms with van der Waals surface area (Å²) < 4.78 is 2.40. The Morgan fingerprint density at radius 2 is 1.85 bits per heavy atom. The van der Waals surface area contributed by atoms with E-state index in [-0.39, 0.29) is 12.1 Å². The summed E-state index contributed by atoms with van der Waals surface area (Å²) in [6, 6.07) is 18.3. The van der Waals surface area contributed by atoms with Crippen LogP contribution in [0.5, 0.6) is 0 Å². The highest BCUT2D eigenvalue weighted by atomic mass is 32.2. The number of thioether (sulfide) groups is 1. The van der Waals surface area contributed by atoms with Gasteiger partial charge in [0.15, 0.2) is 0 Å². The number of carbonyl (C=O) groups is 1. The van der Waals surface area contributed by atoms with E-state index in [1.165, 1.54) is 32.6 Å². The van der Waals surface area contributed by atoms with Crippen molar-refractivity contribution in [1.82, 2.24) is 19.7 Å². The predicted molar refractivity (Wildman–Crippen MR) is 142 cm³/mol. The fraction of sp³-hybridized carbons (Fsp3) is 0.464. The Balaban J connectivity index is 1.45. The normalized spacial score (nSPS) is 21.9. The largest absolute Gasteiger partial charge is 0.339 e. The zero-order valence-corrected chi connectivity index (χ0v) is 21.6. The van der Waals surface area contributed by atoms with Crippen molar-refractivity contribution in [1.29, 1.82) is 0 Å². The van der Waals surface area contributed by atoms with Crippen molar-refractivity contribution in [2.24, 2.45) is 7.05 Å². The molecule has 3 atom stereocenters. The number of benzene rings is 2. The van der Waals surface area contributed by atoms with Crippen LogP contribution in [0.1, 0.15) is 42.9 Å². The maximum atomic E-state index is 12.8. The lowest BCUT2D eigenvalue weighted by Gasteiger charge is -2.46. The van der Waals surface area contributed by atoms with Crippen molar-refractivity contribution < 1.29 is 4.79 Å². The molecule has 1 aliphatic carbocycles. The van der Waals surface area contributed by atoms with Crippen molar-refractivity contribution in [3.8, 4) is 0 Å². The lowest BCUT2D eigenvalue weighted by Crippen LogP contribution is -2.56. The van der Waals surface area contributed by atoms with Gasteiger partial charge in [0.1, 0.15) is 0 Å². The van der Waals surface area contributed by atoms with Gasteiger partial charge in [-0.1, -0.05) is 42.5 Å². The molecule has 2 amide bonds. The molecule has 34 heavy (non-hydrogen) atoms. The van der Waals surface area contributed by atoms with Crippen molar-refractivity contribution in [3.63, 3.8) is 0 Å². The molecule has 2 aromatic carbocycles. The summed E-state index contributed by atoms with van der Waals surface area (Å²) in [5.41, 5.74) is 5.66. The van der Waals surface area contributed by atoms with Crippen LogP contribution in [-0.4, -0.2) is 59.2 Å². The molecular formula is C28H36N4OS. The highest BCUT2D eigenvalue weighted by Crippen LogP contribution is 2.47. The van der Waals surface area contributed by atoms with E-state index in [4.69, 9.17) is 0 Å². The van der Waals surface area contributed by atoms with E-state index in [0.717, 1.165) is 38.2 Å². The van der Waals surface area contributed by atoms with Crippen LogP contribution in [0.4, 0.5) is 4.79 Å². The van der Waals surface area contributed by atoms with Crippen molar-refractivity contribution in [2.45, 2.75) is 55.5 Å². The molecule has 180 valence electrons. The maximum Gasteiger partial charge on any atom is 0.317 e. The highest BCUT2D eigenvalue weighted by Gasteiger charge is 2.41. The van der Waals surface area contributed by atoms with Crippen molar-refractivity contribution >= 4 is 28.7 Å². The Labute approximate surface area is 207 Å². The molecule has 0 unspecified atom stereocenters. The summed E-state index contributed by atoms with van der Waals surface area (Å²) in [6.07, 6.45) is 2.07. The molecule has 0 spiro atoms. The minimum atomic E-state index is 0.0656. The minimum Gasteiger partial charge on any atom is -0.339 e. The number of rotatable bonds is 6. The van der Waals surface area contributed by atoms with E-state index in [0.29, 0.717) is 12.0 Å². The number of urea groups is 1. The lowest BCUT2D eigenvalue weighted by atomic mass is 9.74. The third kappa shape index (κ3) is 4.11. The number of carbonyl (C=O) groups excluding carboxylic acids is 1. The number of hydrogen-bond acceptors (Lipinski definition) is 3. The molecule has 1 N–H and O–H groups in total. The van der Waals surface area contributed by atoms with Crippen molar-refractivity contribution in [2.75, 3.05) is 26.7 Å². The Morgan fingerprint density at radius 3 is 2.59 bits per heavy atom. The van der Waals surface area contributed by atoms with Gasteiger partial charge >= 0.3 is 6.03 Å². The van der Waals surface area contributed by atoms with E-state index in [2.05, 4.69) is 77.4 Å². The van der Waals surface area contributed by atoms with E-state index in [1.807, 2.05) is 30.5 Å². The molecule has 5 nitrogen and oxygen atoms in total. The van der Waals surface area contributed by atoms with Gasteiger partial charge in [-0.25, -0.2) is 4.79 Å². The average Bonchev–Trinajstić information content (AvgIpc) is 3.12. The fourth-order valence-corrected chi connectivity index (χ4v) is 7.19. The standard InChI is InChI=1S/C28H36N4OS/c1-5-32(6-2)28(33)29-20-15-22-21-13-10-14-24-26(21)23(16-25(22)30(3)17-20)27(31(24)4)34-18-19-11-8-7-9-12-19/h7-14,20,22,25H,5-6,15-18H2,1-4H3,(H,29,33)/t20-,22+,25+/m0/s1. The number of likely N-dealkylation sites (N-methyl/N-ethyl adjacent to an activating group) is 1. The molecule has 2 heterocycles. The van der Waals surface area contributed by atoms with Gasteiger partial charge in [-0.2, -0.15) is 0 Å². The summed E-state index contributed by atoms with van der Waals surface area (Å²) in [5, 5.41) is 6.18. The van der Waals surface area contributed by atoms with Crippen LogP contribution in [0.15, 0.2) is 53.6 Å². The van der Waals surface area contributed by atoms with E-state index < -0.39 is 0 Å². The van der Waals surface area contributed by atoms with E-state index in [9.17, 15) is 4.79 Å². The molecule has 1 fully saturated rings. The van der Waals surface area contributed by atoms with E-state index >= 15 is 0 Å². The zero-order valence-electron chi connectivity index (χ0n) is 20.8. The van der Waals surface area contributed by atoms with Crippen LogP contribution in [0.25, 0.3) is 10.9 Å². The molecule has 0 radical (unpaired) electrons. The number of aromatic nitrogens is 1. The summed E-state index contributed by atoms with van der Waals surface area (Å²) in [6.45, 7) is 6.47. The first-order valence-corrected chi connectivity index (χ1v) is 13.5. The quantitative estimate of drug-likeness (QED) is 0.495. The molecule has 1 aliphatic heterocycles. The van der Waals surface area contributed by atoms with Gasteiger partial charge in [0.05, 0.1) is 5.03 Å². The molecule has 0 bridgehead atoms. The van der Waals surface area contributed by atoms with Crippen LogP contribution in [0.3, 0.4) is 0 Å². The molecule has 2 aliphatic rings. The summed E-state index contributed by atoms with van der Waals surface area (Å²) >= 11 is 1.96. The van der Waals surface area contributed by atoms with Crippen LogP contribution in [0, 0.1) is 0 Å². The van der Waals surface area contributed by atoms with Crippen LogP contribution in [-0.2, 0) is 19.2 Å². The van der Waals surface area contributed by atoms with Gasteiger partial charge in [0, 0.05) is 61.3 Å². The first kappa shape index (κ1) is 23.3. The number of aryl methyl sites for hydroxylation is 1. The molecular weight excluding hydrogens is 440 g/mol. The molecule has 1 aromatic heterocycles. The number of nitrogens with zero attached hydrogens (tertiary/aromatic N) is 3. The Kier molecular flexibility index (Phi) is 6.63. The molecule has 6 heteroatoms. The summed E-state index contributed by atoms with van der Waals surface area (Å²) in [4.78, 5) is 17.1. The number of amides is 2. The van der Waals surface area contributed by atoms with Gasteiger partial charge in [-0.3, -0.25) is 0 Å². The van der Waals surface area contributed by atoms with Crippen LogP contribution >= 0.6 is 11.8 Å². The minimum absolute atomic E-state index is 0.0656. The zero-order chi connectivity index (χ0) is 23.8. The smallest absolute Gasteiger partial charge is 0.317 e. The van der Waals surface area contributed by atoms with Crippen LogP contribution in [0.2, 0.25) is 0 Å². The fourth-order valence-electron chi connectivity index (χ4n) is 6.04. The highest BCUT2D eigenvalue weighted by molar-refractivity contribution is 7.98. The third-order valence-electron chi connectivity index (χ3n) is 7.79. The number of nitrogens with one attached hydrogen (secondary N) is 1. The van der Waals surface area contributed by atoms with Gasteiger partial charge in [-0.15, -0.1) is 11.8 Å². The molecule has 0 saturated carbocycles. The Morgan fingerprint density at radius 1 is 1.09 bits per heavy atom. The summed E-state index contributed by atoms with van der Waals surface area (Å²) in [7, 11) is 4.45. The molecule has 1 saturated heterocycles. The summed E-state index contributed by atoms with van der Waals surface area (Å²) in [5.74, 6) is 1.42. The van der Waals surface area contributed by atoms with Gasteiger partial charge < -0.3 is 19.7 Å². The maximum absolute atomic E-state index is 12.8. The van der Waals surface area contributed by atoms with Gasteiger partial charge in [0.2, 0.25) is 0 Å². The predicted octanol–water partition coefficient (Wildman–Crippen LogP) is 5.23. The second-order valence-electron chi connectivity index (χ2n) is 9.73. The first-order valence-electron chi connectivity index (χ1n) is 12.5. The number of fused-ring (bicyclic) bond motifs is 2. The third-order valence-corrected chi connectivity index (χ3v) is 9.06. The first-order chi connectivity index (χ1) is 16.5. The Bertz CT molecular complexity index is 1170. The van der Waals surface area contributed by atoms with Gasteiger partial charge in [0.25, 0.3) is 0 Å². The van der Waals surface area contributed by atoms with Gasteiger partial charge in [-0.05, 0) is 56.5 Å². The molecule has 3 aromatic rings. The van der Waals surface area contributed by atoms with E-state index in [1.54, 1.807) is 0 Å². The second kappa shape index (κ2) is 9.67. The number of piperidine rings is 1. The SMILES string of the molecule is CCN(CC)C(=O)N[C@H]1C[C@@H]2c3cccc4c3c(c(SCc3ccccc3)n4C)C[C@H]2N(C)C1. The Hall–Kier alpha value is -2.44. The number of hydrogen-bond donors (Lipinski definition) is 1. The monoisotopic (exact) mass is 476 g/mol. The number of likely N-dealkylation sites (tertiary alicyclic amines) is 1. The topological polar surface area (TPSA) is 40.5 Å².